The number of carbonyl (C=O) groups excluding carboxylic acids is 1. The first-order valence-electron chi connectivity index (χ1n) is 8.35. The van der Waals surface area contributed by atoms with Crippen LogP contribution >= 0.6 is 0 Å². The van der Waals surface area contributed by atoms with E-state index in [1.54, 1.807) is 7.11 Å². The number of hydrogen-bond donors (Lipinski definition) is 0. The van der Waals surface area contributed by atoms with Crippen LogP contribution in [0.5, 0.6) is 0 Å². The third-order valence-electron chi connectivity index (χ3n) is 5.68. The summed E-state index contributed by atoms with van der Waals surface area (Å²) in [5, 5.41) is 0. The molecule has 0 spiro atoms. The Morgan fingerprint density at radius 2 is 1.81 bits per heavy atom. The molecule has 21 heavy (non-hydrogen) atoms. The summed E-state index contributed by atoms with van der Waals surface area (Å²) in [6, 6.07) is 0. The average molecular weight is 298 g/mol. The topological polar surface area (TPSA) is 44.8 Å². The van der Waals surface area contributed by atoms with Gasteiger partial charge in [-0.05, 0) is 48.9 Å². The van der Waals surface area contributed by atoms with Crippen molar-refractivity contribution in [3.05, 3.63) is 0 Å². The highest BCUT2D eigenvalue weighted by molar-refractivity contribution is 5.69. The van der Waals surface area contributed by atoms with Crippen LogP contribution in [0.4, 0.5) is 0 Å². The van der Waals surface area contributed by atoms with Gasteiger partial charge in [0.2, 0.25) is 0 Å². The summed E-state index contributed by atoms with van der Waals surface area (Å²) in [6.07, 6.45) is 4.27. The molecule has 0 amide bonds. The molecule has 0 N–H and O–H groups in total. The summed E-state index contributed by atoms with van der Waals surface area (Å²) in [7, 11) is 1.64. The predicted molar refractivity (Wildman–Crippen MR) is 80.9 cm³/mol. The van der Waals surface area contributed by atoms with E-state index in [9.17, 15) is 4.79 Å². The van der Waals surface area contributed by atoms with Gasteiger partial charge in [0.1, 0.15) is 6.61 Å². The summed E-state index contributed by atoms with van der Waals surface area (Å²) in [5.41, 5.74) is 0. The van der Waals surface area contributed by atoms with Crippen molar-refractivity contribution in [1.82, 2.24) is 0 Å². The van der Waals surface area contributed by atoms with Crippen molar-refractivity contribution in [2.75, 3.05) is 33.5 Å². The third-order valence-corrected chi connectivity index (χ3v) is 5.68. The fourth-order valence-electron chi connectivity index (χ4n) is 4.26. The largest absolute Gasteiger partial charge is 0.463 e. The molecule has 0 aromatic carbocycles. The molecule has 0 aromatic rings. The monoisotopic (exact) mass is 298 g/mol. The van der Waals surface area contributed by atoms with Crippen LogP contribution in [-0.2, 0) is 19.0 Å². The molecule has 2 aliphatic rings. The molecule has 2 rings (SSSR count). The maximum absolute atomic E-state index is 11.7. The fourth-order valence-corrected chi connectivity index (χ4v) is 4.26. The number of ether oxygens (including phenoxy) is 3. The summed E-state index contributed by atoms with van der Waals surface area (Å²) < 4.78 is 15.3. The molecule has 0 saturated heterocycles. The standard InChI is InChI=1S/C17H30O4/c1-12-13(2)16-11-15(12)10-14(16)4-5-17(18)21-9-8-20-7-6-19-3/h12-16H,4-11H2,1-3H3. The van der Waals surface area contributed by atoms with Crippen molar-refractivity contribution in [2.24, 2.45) is 29.6 Å². The van der Waals surface area contributed by atoms with Crippen LogP contribution in [-0.4, -0.2) is 39.5 Å². The zero-order valence-electron chi connectivity index (χ0n) is 13.7. The van der Waals surface area contributed by atoms with Crippen molar-refractivity contribution in [2.45, 2.75) is 39.5 Å². The number of esters is 1. The number of methoxy groups -OCH3 is 1. The summed E-state index contributed by atoms with van der Waals surface area (Å²) >= 11 is 0. The first kappa shape index (κ1) is 16.8. The van der Waals surface area contributed by atoms with Gasteiger partial charge in [0.05, 0.1) is 19.8 Å². The molecular formula is C17H30O4. The van der Waals surface area contributed by atoms with Crippen LogP contribution < -0.4 is 0 Å². The van der Waals surface area contributed by atoms with E-state index in [-0.39, 0.29) is 5.97 Å². The van der Waals surface area contributed by atoms with Gasteiger partial charge in [-0.25, -0.2) is 0 Å². The molecule has 0 radical (unpaired) electrons. The Hall–Kier alpha value is -0.610. The quantitative estimate of drug-likeness (QED) is 0.485. The normalized spacial score (nSPS) is 34.3. The molecule has 5 unspecified atom stereocenters. The molecule has 2 aliphatic carbocycles. The maximum Gasteiger partial charge on any atom is 0.305 e. The van der Waals surface area contributed by atoms with Crippen LogP contribution in [0.15, 0.2) is 0 Å². The van der Waals surface area contributed by atoms with Crippen molar-refractivity contribution in [3.63, 3.8) is 0 Å². The third kappa shape index (κ3) is 4.43. The molecule has 122 valence electrons. The molecular weight excluding hydrogens is 268 g/mol. The lowest BCUT2D eigenvalue weighted by molar-refractivity contribution is -0.145. The van der Waals surface area contributed by atoms with Crippen molar-refractivity contribution in [1.29, 1.82) is 0 Å². The van der Waals surface area contributed by atoms with Gasteiger partial charge in [0, 0.05) is 13.5 Å². The van der Waals surface area contributed by atoms with Crippen LogP contribution in [0.2, 0.25) is 0 Å². The van der Waals surface area contributed by atoms with Crippen LogP contribution in [0.25, 0.3) is 0 Å². The number of hydrogen-bond acceptors (Lipinski definition) is 4. The highest BCUT2D eigenvalue weighted by Crippen LogP contribution is 2.56. The Kier molecular flexibility index (Phi) is 6.49. The Bertz CT molecular complexity index is 329. The van der Waals surface area contributed by atoms with E-state index < -0.39 is 0 Å². The minimum atomic E-state index is -0.0752. The second-order valence-electron chi connectivity index (χ2n) is 6.74. The lowest BCUT2D eigenvalue weighted by Gasteiger charge is -2.31. The van der Waals surface area contributed by atoms with Gasteiger partial charge in [-0.3, -0.25) is 4.79 Å². The molecule has 0 aliphatic heterocycles. The van der Waals surface area contributed by atoms with Crippen LogP contribution in [0.1, 0.15) is 39.5 Å². The van der Waals surface area contributed by atoms with Gasteiger partial charge in [-0.2, -0.15) is 0 Å². The van der Waals surface area contributed by atoms with E-state index in [1.165, 1.54) is 12.8 Å². The highest BCUT2D eigenvalue weighted by atomic mass is 16.6. The van der Waals surface area contributed by atoms with E-state index in [2.05, 4.69) is 13.8 Å². The lowest BCUT2D eigenvalue weighted by Crippen LogP contribution is -2.25. The lowest BCUT2D eigenvalue weighted by atomic mass is 9.74. The van der Waals surface area contributed by atoms with Gasteiger partial charge >= 0.3 is 5.97 Å². The first-order chi connectivity index (χ1) is 10.1. The Morgan fingerprint density at radius 1 is 1.05 bits per heavy atom. The first-order valence-corrected chi connectivity index (χ1v) is 8.35. The van der Waals surface area contributed by atoms with Gasteiger partial charge in [-0.1, -0.05) is 13.8 Å². The molecule has 4 heteroatoms. The van der Waals surface area contributed by atoms with E-state index in [0.717, 1.165) is 36.0 Å². The summed E-state index contributed by atoms with van der Waals surface area (Å²) in [6.45, 7) is 6.72. The fraction of sp³-hybridized carbons (Fsp3) is 0.941. The second-order valence-corrected chi connectivity index (χ2v) is 6.74. The zero-order chi connectivity index (χ0) is 15.2. The average Bonchev–Trinajstić information content (AvgIpc) is 3.01. The van der Waals surface area contributed by atoms with Crippen molar-refractivity contribution < 1.29 is 19.0 Å². The molecule has 5 atom stereocenters. The highest BCUT2D eigenvalue weighted by Gasteiger charge is 2.48. The predicted octanol–water partition coefficient (Wildman–Crippen LogP) is 2.90. The number of fused-ring (bicyclic) bond motifs is 2. The van der Waals surface area contributed by atoms with E-state index in [4.69, 9.17) is 14.2 Å². The molecule has 0 aromatic heterocycles. The maximum atomic E-state index is 11.7. The van der Waals surface area contributed by atoms with E-state index in [0.29, 0.717) is 32.8 Å². The molecule has 2 fully saturated rings. The Labute approximate surface area is 128 Å². The number of rotatable bonds is 9. The number of carbonyl (C=O) groups is 1. The van der Waals surface area contributed by atoms with Crippen LogP contribution in [0, 0.1) is 29.6 Å². The Balaban J connectivity index is 1.54. The smallest absolute Gasteiger partial charge is 0.305 e. The minimum Gasteiger partial charge on any atom is -0.463 e. The second kappa shape index (κ2) is 8.14. The Morgan fingerprint density at radius 3 is 2.48 bits per heavy atom. The van der Waals surface area contributed by atoms with E-state index >= 15 is 0 Å². The van der Waals surface area contributed by atoms with Gasteiger partial charge < -0.3 is 14.2 Å². The van der Waals surface area contributed by atoms with E-state index in [1.807, 2.05) is 0 Å². The van der Waals surface area contributed by atoms with Gasteiger partial charge in [0.15, 0.2) is 0 Å². The van der Waals surface area contributed by atoms with Crippen molar-refractivity contribution >= 4 is 5.97 Å². The zero-order valence-corrected chi connectivity index (χ0v) is 13.7. The SMILES string of the molecule is COCCOCCOC(=O)CCC1CC2CC1C(C)C2C. The molecule has 0 heterocycles. The molecule has 4 nitrogen and oxygen atoms in total. The molecule has 2 bridgehead atoms. The molecule has 2 saturated carbocycles. The van der Waals surface area contributed by atoms with Crippen molar-refractivity contribution in [3.8, 4) is 0 Å². The van der Waals surface area contributed by atoms with Gasteiger partial charge in [0.25, 0.3) is 0 Å². The minimum absolute atomic E-state index is 0.0752. The summed E-state index contributed by atoms with van der Waals surface area (Å²) in [4.78, 5) is 11.7. The van der Waals surface area contributed by atoms with Gasteiger partial charge in [-0.15, -0.1) is 0 Å². The summed E-state index contributed by atoms with van der Waals surface area (Å²) in [5.74, 6) is 4.12. The van der Waals surface area contributed by atoms with Crippen LogP contribution in [0.3, 0.4) is 0 Å².